The van der Waals surface area contributed by atoms with Crippen LogP contribution in [0.2, 0.25) is 0 Å². The molecule has 22 heavy (non-hydrogen) atoms. The molecule has 0 bridgehead atoms. The van der Waals surface area contributed by atoms with E-state index in [4.69, 9.17) is 51.7 Å². The fourth-order valence-corrected chi connectivity index (χ4v) is 6.38. The van der Waals surface area contributed by atoms with E-state index in [1.165, 1.54) is 6.92 Å². The van der Waals surface area contributed by atoms with Crippen molar-refractivity contribution in [2.24, 2.45) is 5.92 Å². The summed E-state index contributed by atoms with van der Waals surface area (Å²) in [5.41, 5.74) is 0. The number of hydrogen-bond acceptors (Lipinski definition) is 6. The molecule has 0 radical (unpaired) electrons. The van der Waals surface area contributed by atoms with Crippen molar-refractivity contribution in [1.29, 1.82) is 5.26 Å². The lowest BCUT2D eigenvalue weighted by Gasteiger charge is -2.28. The topological polar surface area (TPSA) is 95.3 Å². The number of sulfone groups is 1. The summed E-state index contributed by atoms with van der Waals surface area (Å²) in [5, 5.41) is 8.82. The number of nitrogens with zero attached hydrogens (tertiary/aromatic N) is 2. The van der Waals surface area contributed by atoms with Gasteiger partial charge in [0.05, 0.1) is 23.5 Å². The number of nitriles is 1. The lowest BCUT2D eigenvalue weighted by Crippen LogP contribution is -2.37. The number of hydrogen-bond donors (Lipinski definition) is 0. The van der Waals surface area contributed by atoms with Crippen molar-refractivity contribution >= 4 is 78.2 Å². The van der Waals surface area contributed by atoms with Gasteiger partial charge in [-0.05, 0) is 18.9 Å². The lowest BCUT2D eigenvalue weighted by molar-refractivity contribution is 0.516. The van der Waals surface area contributed by atoms with Crippen molar-refractivity contribution in [3.63, 3.8) is 0 Å². The SMILES string of the molecule is CC(C#N)CN(SC(Cl)(Cl)C(Cl)Cl)S(=O)(=O)CCS(C)(=O)=O. The molecule has 0 aliphatic carbocycles. The third-order valence-corrected chi connectivity index (χ3v) is 8.78. The van der Waals surface area contributed by atoms with Crippen molar-refractivity contribution < 1.29 is 16.8 Å². The summed E-state index contributed by atoms with van der Waals surface area (Å²) < 4.78 is 45.7. The van der Waals surface area contributed by atoms with Crippen LogP contribution in [0, 0.1) is 17.2 Å². The zero-order valence-corrected chi connectivity index (χ0v) is 17.0. The first-order valence-electron chi connectivity index (χ1n) is 5.64. The second-order valence-corrected chi connectivity index (χ2v) is 13.1. The fourth-order valence-electron chi connectivity index (χ4n) is 1.01. The highest BCUT2D eigenvalue weighted by Crippen LogP contribution is 2.45. The Morgan fingerprint density at radius 1 is 1.23 bits per heavy atom. The maximum absolute atomic E-state index is 12.3. The lowest BCUT2D eigenvalue weighted by atomic mass is 10.2. The van der Waals surface area contributed by atoms with Crippen molar-refractivity contribution in [2.45, 2.75) is 15.4 Å². The normalized spacial score (nSPS) is 15.0. The minimum Gasteiger partial charge on any atom is -0.229 e. The van der Waals surface area contributed by atoms with Gasteiger partial charge >= 0.3 is 0 Å². The van der Waals surface area contributed by atoms with Gasteiger partial charge in [0, 0.05) is 12.8 Å². The molecule has 0 aromatic carbocycles. The molecule has 1 unspecified atom stereocenters. The summed E-state index contributed by atoms with van der Waals surface area (Å²) in [7, 11) is -7.53. The second kappa shape index (κ2) is 8.81. The van der Waals surface area contributed by atoms with E-state index in [1.54, 1.807) is 0 Å². The highest BCUT2D eigenvalue weighted by atomic mass is 35.5. The van der Waals surface area contributed by atoms with Crippen molar-refractivity contribution in [3.05, 3.63) is 0 Å². The van der Waals surface area contributed by atoms with E-state index < -0.39 is 45.8 Å². The molecular formula is C9H14Cl4N2O4S3. The number of sulfonamides is 1. The van der Waals surface area contributed by atoms with Gasteiger partial charge in [-0.3, -0.25) is 0 Å². The third-order valence-electron chi connectivity index (χ3n) is 2.14. The molecule has 1 atom stereocenters. The predicted octanol–water partition coefficient (Wildman–Crippen LogP) is 2.41. The summed E-state index contributed by atoms with van der Waals surface area (Å²) in [6.07, 6.45) is 0.916. The molecule has 0 saturated carbocycles. The molecule has 13 heteroatoms. The minimum absolute atomic E-state index is 0.241. The van der Waals surface area contributed by atoms with E-state index >= 15 is 0 Å². The van der Waals surface area contributed by atoms with Crippen LogP contribution < -0.4 is 0 Å². The van der Waals surface area contributed by atoms with Gasteiger partial charge in [-0.15, -0.1) is 26.9 Å². The Morgan fingerprint density at radius 2 is 1.73 bits per heavy atom. The smallest absolute Gasteiger partial charge is 0.224 e. The Labute approximate surface area is 155 Å². The maximum atomic E-state index is 12.3. The predicted molar refractivity (Wildman–Crippen MR) is 92.5 cm³/mol. The molecule has 6 nitrogen and oxygen atoms in total. The molecule has 0 aromatic rings. The Kier molecular flexibility index (Phi) is 9.15. The largest absolute Gasteiger partial charge is 0.229 e. The zero-order chi connectivity index (χ0) is 17.8. The first-order valence-corrected chi connectivity index (χ1v) is 11.7. The Bertz CT molecular complexity index is 615. The van der Waals surface area contributed by atoms with Crippen molar-refractivity contribution in [2.75, 3.05) is 24.3 Å². The quantitative estimate of drug-likeness (QED) is 0.394. The molecule has 0 N–H and O–H groups in total. The molecule has 0 amide bonds. The second-order valence-electron chi connectivity index (χ2n) is 4.42. The van der Waals surface area contributed by atoms with Gasteiger partial charge in [-0.25, -0.2) is 16.8 Å². The van der Waals surface area contributed by atoms with Crippen LogP contribution in [0.15, 0.2) is 0 Å². The molecule has 0 aliphatic heterocycles. The van der Waals surface area contributed by atoms with Gasteiger partial charge in [0.25, 0.3) is 0 Å². The van der Waals surface area contributed by atoms with Crippen LogP contribution >= 0.6 is 58.4 Å². The van der Waals surface area contributed by atoms with Gasteiger partial charge < -0.3 is 0 Å². The molecule has 0 saturated heterocycles. The highest BCUT2D eigenvalue weighted by molar-refractivity contribution is 8.11. The Balaban J connectivity index is 5.35. The van der Waals surface area contributed by atoms with E-state index in [9.17, 15) is 16.8 Å². The first-order chi connectivity index (χ1) is 9.71. The third kappa shape index (κ3) is 8.64. The molecule has 0 rings (SSSR count). The van der Waals surface area contributed by atoms with Gasteiger partial charge in [0.15, 0.2) is 4.84 Å². The van der Waals surface area contributed by atoms with E-state index in [-0.39, 0.29) is 6.54 Å². The van der Waals surface area contributed by atoms with Crippen LogP contribution in [0.25, 0.3) is 0 Å². The summed E-state index contributed by atoms with van der Waals surface area (Å²) in [6, 6.07) is 1.86. The highest BCUT2D eigenvalue weighted by Gasteiger charge is 2.40. The van der Waals surface area contributed by atoms with E-state index in [0.29, 0.717) is 11.9 Å². The molecule has 0 spiro atoms. The first kappa shape index (κ1) is 22.9. The summed E-state index contributed by atoms with van der Waals surface area (Å²) in [5.74, 6) is -1.92. The van der Waals surface area contributed by atoms with Crippen LogP contribution in [-0.4, -0.2) is 53.4 Å². The Morgan fingerprint density at radius 3 is 2.09 bits per heavy atom. The van der Waals surface area contributed by atoms with Crippen LogP contribution in [0.4, 0.5) is 0 Å². The van der Waals surface area contributed by atoms with Crippen molar-refractivity contribution in [3.8, 4) is 6.07 Å². The van der Waals surface area contributed by atoms with Gasteiger partial charge in [0.2, 0.25) is 13.7 Å². The van der Waals surface area contributed by atoms with Crippen molar-refractivity contribution in [1.82, 2.24) is 3.71 Å². The summed E-state index contributed by atoms with van der Waals surface area (Å²) in [4.78, 5) is -1.31. The Hall–Kier alpha value is 0.860. The van der Waals surface area contributed by atoms with Crippen LogP contribution in [0.5, 0.6) is 0 Å². The van der Waals surface area contributed by atoms with Gasteiger partial charge in [0.1, 0.15) is 9.84 Å². The minimum atomic E-state index is -4.05. The molecule has 130 valence electrons. The standard InChI is InChI=1S/C9H14Cl4N2O4S3/c1-7(5-14)6-15(20-9(12,13)8(10)11)22(18,19)4-3-21(2,16)17/h7-8H,3-4,6H2,1-2H3. The van der Waals surface area contributed by atoms with E-state index in [2.05, 4.69) is 0 Å². The summed E-state index contributed by atoms with van der Waals surface area (Å²) >= 11 is 23.3. The van der Waals surface area contributed by atoms with Crippen LogP contribution in [0.1, 0.15) is 6.92 Å². The maximum Gasteiger partial charge on any atom is 0.224 e. The van der Waals surface area contributed by atoms with Gasteiger partial charge in [-0.2, -0.15) is 5.26 Å². The molecule has 0 aliphatic rings. The van der Waals surface area contributed by atoms with E-state index in [1.807, 2.05) is 6.07 Å². The number of halogens is 4. The molecule has 0 heterocycles. The average molecular weight is 452 g/mol. The number of alkyl halides is 4. The number of rotatable bonds is 9. The van der Waals surface area contributed by atoms with E-state index in [0.717, 1.165) is 9.97 Å². The van der Waals surface area contributed by atoms with Gasteiger partial charge in [-0.1, -0.05) is 23.2 Å². The fraction of sp³-hybridized carbons (Fsp3) is 0.889. The average Bonchev–Trinajstić information content (AvgIpc) is 2.34. The molecule has 0 fully saturated rings. The zero-order valence-electron chi connectivity index (χ0n) is 11.5. The van der Waals surface area contributed by atoms with Crippen LogP contribution in [0.3, 0.4) is 0 Å². The monoisotopic (exact) mass is 450 g/mol. The summed E-state index contributed by atoms with van der Waals surface area (Å²) in [6.45, 7) is 1.25. The molecule has 0 aromatic heterocycles. The molecular weight excluding hydrogens is 438 g/mol. The van der Waals surface area contributed by atoms with Crippen LogP contribution in [-0.2, 0) is 19.9 Å².